The largest absolute Gasteiger partial charge is 0.391 e. The van der Waals surface area contributed by atoms with E-state index < -0.39 is 0 Å². The molecule has 0 bridgehead atoms. The number of hydrogen-bond donors (Lipinski definition) is 1. The van der Waals surface area contributed by atoms with Crippen LogP contribution in [0.5, 0.6) is 0 Å². The maximum Gasteiger partial charge on any atom is 0.140 e. The first kappa shape index (κ1) is 14.1. The molecule has 2 fully saturated rings. The second-order valence-electron chi connectivity index (χ2n) is 6.38. The summed E-state index contributed by atoms with van der Waals surface area (Å²) in [5.74, 6) is 1.68. The minimum absolute atomic E-state index is 0.176. The minimum Gasteiger partial charge on any atom is -0.391 e. The Bertz CT molecular complexity index is 428. The van der Waals surface area contributed by atoms with Crippen LogP contribution < -0.4 is 0 Å². The van der Waals surface area contributed by atoms with Crippen LogP contribution in [-0.4, -0.2) is 33.9 Å². The van der Waals surface area contributed by atoms with Crippen molar-refractivity contribution in [3.05, 3.63) is 17.5 Å². The van der Waals surface area contributed by atoms with E-state index in [4.69, 9.17) is 4.52 Å². The summed E-state index contributed by atoms with van der Waals surface area (Å²) in [5.41, 5.74) is 1.03. The number of rotatable bonds is 6. The van der Waals surface area contributed by atoms with Gasteiger partial charge in [-0.3, -0.25) is 4.90 Å². The third kappa shape index (κ3) is 3.23. The molecule has 4 heteroatoms. The van der Waals surface area contributed by atoms with Crippen molar-refractivity contribution in [1.29, 1.82) is 0 Å². The minimum atomic E-state index is -0.176. The Morgan fingerprint density at radius 2 is 2.10 bits per heavy atom. The van der Waals surface area contributed by atoms with E-state index in [1.165, 1.54) is 19.3 Å². The molecule has 1 aromatic heterocycles. The third-order valence-corrected chi connectivity index (χ3v) is 4.60. The fourth-order valence-corrected chi connectivity index (χ4v) is 3.34. The molecule has 2 saturated carbocycles. The first-order valence-corrected chi connectivity index (χ1v) is 8.15. The summed E-state index contributed by atoms with van der Waals surface area (Å²) < 4.78 is 5.44. The van der Waals surface area contributed by atoms with Gasteiger partial charge in [0.25, 0.3) is 0 Å². The summed E-state index contributed by atoms with van der Waals surface area (Å²) >= 11 is 0. The lowest BCUT2D eigenvalue weighted by Crippen LogP contribution is -2.45. The highest BCUT2D eigenvalue weighted by molar-refractivity contribution is 5.14. The van der Waals surface area contributed by atoms with Crippen molar-refractivity contribution < 1.29 is 9.63 Å². The zero-order valence-corrected chi connectivity index (χ0v) is 12.4. The van der Waals surface area contributed by atoms with Gasteiger partial charge in [-0.25, -0.2) is 0 Å². The number of hydrogen-bond acceptors (Lipinski definition) is 4. The van der Waals surface area contributed by atoms with Gasteiger partial charge >= 0.3 is 0 Å². The van der Waals surface area contributed by atoms with Gasteiger partial charge in [-0.1, -0.05) is 24.9 Å². The maximum absolute atomic E-state index is 10.3. The van der Waals surface area contributed by atoms with Gasteiger partial charge < -0.3 is 9.63 Å². The van der Waals surface area contributed by atoms with E-state index in [9.17, 15) is 5.11 Å². The van der Waals surface area contributed by atoms with Gasteiger partial charge in [0.1, 0.15) is 5.76 Å². The number of aromatic nitrogens is 1. The monoisotopic (exact) mass is 278 g/mol. The van der Waals surface area contributed by atoms with Crippen LogP contribution in [0.2, 0.25) is 0 Å². The van der Waals surface area contributed by atoms with Crippen molar-refractivity contribution >= 4 is 0 Å². The normalized spacial score (nSPS) is 27.1. The van der Waals surface area contributed by atoms with Crippen molar-refractivity contribution in [2.45, 2.75) is 76.5 Å². The average molecular weight is 278 g/mol. The molecule has 2 aliphatic rings. The molecule has 0 aliphatic heterocycles. The molecular weight excluding hydrogens is 252 g/mol. The van der Waals surface area contributed by atoms with Gasteiger partial charge in [-0.15, -0.1) is 0 Å². The highest BCUT2D eigenvalue weighted by Gasteiger charge is 2.30. The predicted molar refractivity (Wildman–Crippen MR) is 77.4 cm³/mol. The Morgan fingerprint density at radius 3 is 2.80 bits per heavy atom. The number of aliphatic hydroxyl groups excluding tert-OH is 1. The van der Waals surface area contributed by atoms with Crippen LogP contribution in [0.4, 0.5) is 0 Å². The zero-order chi connectivity index (χ0) is 13.9. The van der Waals surface area contributed by atoms with Gasteiger partial charge in [0, 0.05) is 24.6 Å². The van der Waals surface area contributed by atoms with Crippen LogP contribution in [0.3, 0.4) is 0 Å². The molecule has 1 N–H and O–H groups in total. The van der Waals surface area contributed by atoms with E-state index in [-0.39, 0.29) is 6.10 Å². The molecule has 4 nitrogen and oxygen atoms in total. The molecule has 0 aromatic carbocycles. The van der Waals surface area contributed by atoms with E-state index in [1.807, 2.05) is 0 Å². The SMILES string of the molecule is CCCN(Cc1cc(C2CC2)on1)[C@@H]1CCCC[C@H]1O. The van der Waals surface area contributed by atoms with E-state index in [0.717, 1.165) is 50.2 Å². The summed E-state index contributed by atoms with van der Waals surface area (Å²) in [6, 6.07) is 2.42. The summed E-state index contributed by atoms with van der Waals surface area (Å²) in [5, 5.41) is 14.5. The molecule has 0 amide bonds. The molecule has 112 valence electrons. The number of nitrogens with zero attached hydrogens (tertiary/aromatic N) is 2. The summed E-state index contributed by atoms with van der Waals surface area (Å²) in [6.07, 6.45) is 7.86. The summed E-state index contributed by atoms with van der Waals surface area (Å²) in [6.45, 7) is 4.03. The molecule has 0 saturated heterocycles. The molecule has 1 heterocycles. The Hall–Kier alpha value is -0.870. The fraction of sp³-hybridized carbons (Fsp3) is 0.812. The molecule has 20 heavy (non-hydrogen) atoms. The second-order valence-corrected chi connectivity index (χ2v) is 6.38. The Morgan fingerprint density at radius 1 is 1.30 bits per heavy atom. The predicted octanol–water partition coefficient (Wildman–Crippen LogP) is 3.07. The first-order chi connectivity index (χ1) is 9.78. The van der Waals surface area contributed by atoms with Crippen LogP contribution in [0.15, 0.2) is 10.6 Å². The summed E-state index contributed by atoms with van der Waals surface area (Å²) in [4.78, 5) is 2.40. The van der Waals surface area contributed by atoms with Gasteiger partial charge in [-0.05, 0) is 38.6 Å². The zero-order valence-electron chi connectivity index (χ0n) is 12.4. The van der Waals surface area contributed by atoms with Crippen LogP contribution >= 0.6 is 0 Å². The lowest BCUT2D eigenvalue weighted by atomic mass is 9.91. The Kier molecular flexibility index (Phi) is 4.41. The quantitative estimate of drug-likeness (QED) is 0.869. The molecule has 1 aromatic rings. The fourth-order valence-electron chi connectivity index (χ4n) is 3.34. The molecule has 0 unspecified atom stereocenters. The Labute approximate surface area is 121 Å². The van der Waals surface area contributed by atoms with Gasteiger partial charge in [0.2, 0.25) is 0 Å². The van der Waals surface area contributed by atoms with Gasteiger partial charge in [-0.2, -0.15) is 0 Å². The van der Waals surface area contributed by atoms with Crippen molar-refractivity contribution in [3.63, 3.8) is 0 Å². The number of aliphatic hydroxyl groups is 1. The highest BCUT2D eigenvalue weighted by atomic mass is 16.5. The summed E-state index contributed by atoms with van der Waals surface area (Å²) in [7, 11) is 0. The van der Waals surface area contributed by atoms with Crippen LogP contribution in [-0.2, 0) is 6.54 Å². The standard InChI is InChI=1S/C16H26N2O2/c1-2-9-18(14-5-3-4-6-15(14)19)11-13-10-16(20-17-13)12-7-8-12/h10,12,14-15,19H,2-9,11H2,1H3/t14-,15-/m1/s1. The van der Waals surface area contributed by atoms with Crippen molar-refractivity contribution in [2.75, 3.05) is 6.54 Å². The van der Waals surface area contributed by atoms with Crippen molar-refractivity contribution in [1.82, 2.24) is 10.1 Å². The van der Waals surface area contributed by atoms with E-state index in [1.54, 1.807) is 0 Å². The molecule has 2 aliphatic carbocycles. The van der Waals surface area contributed by atoms with Crippen LogP contribution in [0.1, 0.15) is 69.2 Å². The van der Waals surface area contributed by atoms with E-state index in [2.05, 4.69) is 23.0 Å². The van der Waals surface area contributed by atoms with Crippen LogP contribution in [0, 0.1) is 0 Å². The molecule has 0 radical (unpaired) electrons. The lowest BCUT2D eigenvalue weighted by molar-refractivity contribution is 0.0147. The topological polar surface area (TPSA) is 49.5 Å². The Balaban J connectivity index is 1.65. The van der Waals surface area contributed by atoms with E-state index in [0.29, 0.717) is 12.0 Å². The molecule has 2 atom stereocenters. The molecule has 0 spiro atoms. The van der Waals surface area contributed by atoms with Gasteiger partial charge in [0.05, 0.1) is 11.8 Å². The first-order valence-electron chi connectivity index (χ1n) is 8.15. The third-order valence-electron chi connectivity index (χ3n) is 4.60. The smallest absolute Gasteiger partial charge is 0.140 e. The van der Waals surface area contributed by atoms with Crippen molar-refractivity contribution in [2.24, 2.45) is 0 Å². The van der Waals surface area contributed by atoms with Crippen molar-refractivity contribution in [3.8, 4) is 0 Å². The van der Waals surface area contributed by atoms with Crippen LogP contribution in [0.25, 0.3) is 0 Å². The molecular formula is C16H26N2O2. The second kappa shape index (κ2) is 6.27. The van der Waals surface area contributed by atoms with Gasteiger partial charge in [0.15, 0.2) is 0 Å². The van der Waals surface area contributed by atoms with E-state index >= 15 is 0 Å². The average Bonchev–Trinajstić information content (AvgIpc) is 3.20. The highest BCUT2D eigenvalue weighted by Crippen LogP contribution is 2.40. The molecule has 3 rings (SSSR count). The lowest BCUT2D eigenvalue weighted by Gasteiger charge is -2.37. The maximum atomic E-state index is 10.3.